The van der Waals surface area contributed by atoms with E-state index in [0.29, 0.717) is 32.0 Å². The lowest BCUT2D eigenvalue weighted by molar-refractivity contribution is 0.0690. The summed E-state index contributed by atoms with van der Waals surface area (Å²) >= 11 is 0. The second kappa shape index (κ2) is 3.67. The van der Waals surface area contributed by atoms with E-state index in [1.165, 1.54) is 0 Å². The Morgan fingerprint density at radius 1 is 1.57 bits per heavy atom. The summed E-state index contributed by atoms with van der Waals surface area (Å²) in [6, 6.07) is 0. The SMILES string of the molecule is O=C(O)c1n[nH]cc1N1CCOCC1. The van der Waals surface area contributed by atoms with Gasteiger partial charge in [0.15, 0.2) is 5.69 Å². The molecule has 0 spiro atoms. The summed E-state index contributed by atoms with van der Waals surface area (Å²) in [5, 5.41) is 15.1. The summed E-state index contributed by atoms with van der Waals surface area (Å²) in [5.74, 6) is -1.01. The van der Waals surface area contributed by atoms with Crippen LogP contribution in [0, 0.1) is 0 Å². The molecule has 0 aromatic carbocycles. The molecular weight excluding hydrogens is 186 g/mol. The number of carbonyl (C=O) groups is 1. The fourth-order valence-corrected chi connectivity index (χ4v) is 1.49. The van der Waals surface area contributed by atoms with Crippen molar-refractivity contribution in [2.45, 2.75) is 0 Å². The van der Waals surface area contributed by atoms with E-state index in [9.17, 15) is 4.79 Å². The van der Waals surface area contributed by atoms with Crippen LogP contribution < -0.4 is 4.90 Å². The zero-order chi connectivity index (χ0) is 9.97. The average molecular weight is 197 g/mol. The Morgan fingerprint density at radius 2 is 2.29 bits per heavy atom. The lowest BCUT2D eigenvalue weighted by atomic mass is 10.3. The van der Waals surface area contributed by atoms with Crippen molar-refractivity contribution < 1.29 is 14.6 Å². The van der Waals surface area contributed by atoms with Crippen LogP contribution >= 0.6 is 0 Å². The smallest absolute Gasteiger partial charge is 0.358 e. The third-order valence-corrected chi connectivity index (χ3v) is 2.17. The number of ether oxygens (including phenoxy) is 1. The predicted molar refractivity (Wildman–Crippen MR) is 48.6 cm³/mol. The van der Waals surface area contributed by atoms with Gasteiger partial charge in [-0.05, 0) is 0 Å². The number of hydrogen-bond acceptors (Lipinski definition) is 4. The quantitative estimate of drug-likeness (QED) is 0.694. The number of carboxylic acid groups (broad SMARTS) is 1. The largest absolute Gasteiger partial charge is 0.476 e. The van der Waals surface area contributed by atoms with E-state index in [-0.39, 0.29) is 5.69 Å². The second-order valence-corrected chi connectivity index (χ2v) is 3.02. The normalized spacial score (nSPS) is 17.0. The number of H-pyrrole nitrogens is 1. The lowest BCUT2D eigenvalue weighted by Gasteiger charge is -2.27. The van der Waals surface area contributed by atoms with E-state index in [0.717, 1.165) is 0 Å². The van der Waals surface area contributed by atoms with Crippen LogP contribution in [0.15, 0.2) is 6.20 Å². The molecule has 1 aromatic rings. The van der Waals surface area contributed by atoms with Crippen molar-refractivity contribution in [2.24, 2.45) is 0 Å². The van der Waals surface area contributed by atoms with Crippen molar-refractivity contribution in [3.63, 3.8) is 0 Å². The van der Waals surface area contributed by atoms with E-state index < -0.39 is 5.97 Å². The van der Waals surface area contributed by atoms with Gasteiger partial charge >= 0.3 is 5.97 Å². The highest BCUT2D eigenvalue weighted by molar-refractivity contribution is 5.92. The number of nitrogens with one attached hydrogen (secondary N) is 1. The number of anilines is 1. The minimum Gasteiger partial charge on any atom is -0.476 e. The molecule has 2 N–H and O–H groups in total. The zero-order valence-corrected chi connectivity index (χ0v) is 7.56. The van der Waals surface area contributed by atoms with Crippen LogP contribution in [-0.2, 0) is 4.74 Å². The van der Waals surface area contributed by atoms with Gasteiger partial charge in [-0.25, -0.2) is 4.79 Å². The topological polar surface area (TPSA) is 78.4 Å². The minimum absolute atomic E-state index is 0.0758. The number of aromatic carboxylic acids is 1. The van der Waals surface area contributed by atoms with Crippen molar-refractivity contribution in [1.82, 2.24) is 10.2 Å². The van der Waals surface area contributed by atoms with Crippen LogP contribution in [0.3, 0.4) is 0 Å². The number of nitrogens with zero attached hydrogens (tertiary/aromatic N) is 2. The standard InChI is InChI=1S/C8H11N3O3/c12-8(13)7-6(5-9-10-7)11-1-3-14-4-2-11/h5H,1-4H2,(H,9,10)(H,12,13). The molecule has 1 saturated heterocycles. The monoisotopic (exact) mass is 197 g/mol. The Kier molecular flexibility index (Phi) is 2.36. The molecule has 76 valence electrons. The van der Waals surface area contributed by atoms with E-state index in [4.69, 9.17) is 9.84 Å². The minimum atomic E-state index is -1.01. The number of aromatic nitrogens is 2. The Bertz CT molecular complexity index is 330. The van der Waals surface area contributed by atoms with Crippen molar-refractivity contribution in [3.05, 3.63) is 11.9 Å². The average Bonchev–Trinajstić information content (AvgIpc) is 2.67. The van der Waals surface area contributed by atoms with Crippen molar-refractivity contribution in [1.29, 1.82) is 0 Å². The fourth-order valence-electron chi connectivity index (χ4n) is 1.49. The highest BCUT2D eigenvalue weighted by Crippen LogP contribution is 2.18. The van der Waals surface area contributed by atoms with Gasteiger partial charge < -0.3 is 14.7 Å². The van der Waals surface area contributed by atoms with Crippen LogP contribution in [-0.4, -0.2) is 47.6 Å². The van der Waals surface area contributed by atoms with Crippen molar-refractivity contribution in [2.75, 3.05) is 31.2 Å². The number of aromatic amines is 1. The molecule has 0 saturated carbocycles. The first kappa shape index (κ1) is 9.01. The van der Waals surface area contributed by atoms with E-state index in [1.54, 1.807) is 6.20 Å². The van der Waals surface area contributed by atoms with Gasteiger partial charge in [0.05, 0.1) is 18.9 Å². The third-order valence-electron chi connectivity index (χ3n) is 2.17. The van der Waals surface area contributed by atoms with Crippen molar-refractivity contribution >= 4 is 11.7 Å². The first-order valence-electron chi connectivity index (χ1n) is 4.39. The molecule has 1 aliphatic heterocycles. The highest BCUT2D eigenvalue weighted by Gasteiger charge is 2.20. The molecule has 0 atom stereocenters. The molecule has 1 aliphatic rings. The van der Waals surface area contributed by atoms with Crippen LogP contribution in [0.4, 0.5) is 5.69 Å². The predicted octanol–water partition coefficient (Wildman–Crippen LogP) is -0.0555. The molecular formula is C8H11N3O3. The fraction of sp³-hybridized carbons (Fsp3) is 0.500. The van der Waals surface area contributed by atoms with E-state index in [2.05, 4.69) is 10.2 Å². The zero-order valence-electron chi connectivity index (χ0n) is 7.56. The summed E-state index contributed by atoms with van der Waals surface area (Å²) in [4.78, 5) is 12.7. The van der Waals surface area contributed by atoms with Gasteiger partial charge in [-0.2, -0.15) is 5.10 Å². The summed E-state index contributed by atoms with van der Waals surface area (Å²) in [6.45, 7) is 2.67. The molecule has 1 aromatic heterocycles. The Labute approximate surface area is 80.5 Å². The highest BCUT2D eigenvalue weighted by atomic mass is 16.5. The van der Waals surface area contributed by atoms with Gasteiger partial charge in [0, 0.05) is 19.3 Å². The molecule has 0 amide bonds. The summed E-state index contributed by atoms with van der Waals surface area (Å²) in [5.41, 5.74) is 0.715. The Hall–Kier alpha value is -1.56. The maximum atomic E-state index is 10.8. The van der Waals surface area contributed by atoms with Gasteiger partial charge in [0.2, 0.25) is 0 Å². The molecule has 2 rings (SSSR count). The molecule has 0 aliphatic carbocycles. The van der Waals surface area contributed by atoms with Crippen LogP contribution in [0.1, 0.15) is 10.5 Å². The van der Waals surface area contributed by atoms with Crippen LogP contribution in [0.2, 0.25) is 0 Å². The van der Waals surface area contributed by atoms with E-state index >= 15 is 0 Å². The molecule has 1 fully saturated rings. The first-order valence-corrected chi connectivity index (χ1v) is 4.39. The van der Waals surface area contributed by atoms with Crippen molar-refractivity contribution in [3.8, 4) is 0 Å². The number of hydrogen-bond donors (Lipinski definition) is 2. The van der Waals surface area contributed by atoms with Crippen LogP contribution in [0.5, 0.6) is 0 Å². The van der Waals surface area contributed by atoms with Crippen LogP contribution in [0.25, 0.3) is 0 Å². The van der Waals surface area contributed by atoms with E-state index in [1.807, 2.05) is 4.90 Å². The number of carboxylic acids is 1. The molecule has 0 bridgehead atoms. The molecule has 6 heteroatoms. The first-order chi connectivity index (χ1) is 6.79. The Balaban J connectivity index is 2.21. The molecule has 2 heterocycles. The number of rotatable bonds is 2. The van der Waals surface area contributed by atoms with Gasteiger partial charge in [0.25, 0.3) is 0 Å². The van der Waals surface area contributed by atoms with Gasteiger partial charge in [0.1, 0.15) is 0 Å². The Morgan fingerprint density at radius 3 is 2.93 bits per heavy atom. The molecule has 0 unspecified atom stereocenters. The number of morpholine rings is 1. The third kappa shape index (κ3) is 1.56. The molecule has 14 heavy (non-hydrogen) atoms. The second-order valence-electron chi connectivity index (χ2n) is 3.02. The van der Waals surface area contributed by atoms with Gasteiger partial charge in [-0.1, -0.05) is 0 Å². The summed E-state index contributed by atoms with van der Waals surface area (Å²) in [6.07, 6.45) is 1.61. The maximum absolute atomic E-state index is 10.8. The summed E-state index contributed by atoms with van der Waals surface area (Å²) in [7, 11) is 0. The maximum Gasteiger partial charge on any atom is 0.358 e. The molecule has 6 nitrogen and oxygen atoms in total. The lowest BCUT2D eigenvalue weighted by Crippen LogP contribution is -2.36. The molecule has 0 radical (unpaired) electrons. The van der Waals surface area contributed by atoms with Gasteiger partial charge in [-0.3, -0.25) is 5.10 Å². The van der Waals surface area contributed by atoms with Gasteiger partial charge in [-0.15, -0.1) is 0 Å². The summed E-state index contributed by atoms with van der Waals surface area (Å²) < 4.78 is 5.18.